The van der Waals surface area contributed by atoms with E-state index in [4.69, 9.17) is 14.2 Å². The summed E-state index contributed by atoms with van der Waals surface area (Å²) in [7, 11) is 0. The number of carbonyl (C=O) groups is 1. The Kier molecular flexibility index (Phi) is 9.01. The highest BCUT2D eigenvalue weighted by molar-refractivity contribution is 5.69. The first-order chi connectivity index (χ1) is 14.7. The molecule has 1 spiro atoms. The Morgan fingerprint density at radius 1 is 1.03 bits per heavy atom. The third kappa shape index (κ3) is 6.45. The number of likely N-dealkylation sites (tertiary alicyclic amines) is 1. The number of unbranched alkanes of at least 4 members (excludes halogenated alkanes) is 2. The lowest BCUT2D eigenvalue weighted by Crippen LogP contribution is -2.60. The zero-order chi connectivity index (χ0) is 21.2. The Bertz CT molecular complexity index is 609. The summed E-state index contributed by atoms with van der Waals surface area (Å²) >= 11 is 0. The van der Waals surface area contributed by atoms with Gasteiger partial charge in [-0.3, -0.25) is 0 Å². The molecule has 3 rings (SSSR count). The van der Waals surface area contributed by atoms with Crippen molar-refractivity contribution < 1.29 is 19.0 Å². The summed E-state index contributed by atoms with van der Waals surface area (Å²) < 4.78 is 17.7. The van der Waals surface area contributed by atoms with Crippen LogP contribution in [0.1, 0.15) is 70.8 Å². The summed E-state index contributed by atoms with van der Waals surface area (Å²) in [5.41, 5.74) is 1.30. The van der Waals surface area contributed by atoms with Gasteiger partial charge in [-0.25, -0.2) is 4.79 Å². The average Bonchev–Trinajstić information content (AvgIpc) is 2.76. The van der Waals surface area contributed by atoms with Crippen LogP contribution in [0, 0.1) is 11.3 Å². The van der Waals surface area contributed by atoms with Crippen molar-refractivity contribution >= 4 is 6.09 Å². The highest BCUT2D eigenvalue weighted by atomic mass is 16.7. The van der Waals surface area contributed by atoms with Crippen LogP contribution >= 0.6 is 0 Å². The van der Waals surface area contributed by atoms with E-state index in [1.807, 2.05) is 35.2 Å². The highest BCUT2D eigenvalue weighted by Gasteiger charge is 2.48. The van der Waals surface area contributed by atoms with Crippen molar-refractivity contribution in [2.75, 3.05) is 26.3 Å². The first-order valence-corrected chi connectivity index (χ1v) is 11.8. The number of ether oxygens (including phenoxy) is 3. The molecule has 0 unspecified atom stereocenters. The predicted octanol–water partition coefficient (Wildman–Crippen LogP) is 5.77. The molecular weight excluding hydrogens is 378 g/mol. The zero-order valence-electron chi connectivity index (χ0n) is 18.8. The molecule has 1 saturated heterocycles. The van der Waals surface area contributed by atoms with Crippen molar-refractivity contribution in [3.63, 3.8) is 0 Å². The van der Waals surface area contributed by atoms with E-state index in [0.717, 1.165) is 83.2 Å². The summed E-state index contributed by atoms with van der Waals surface area (Å²) in [6.07, 6.45) is 8.75. The largest absolute Gasteiger partial charge is 0.445 e. The molecule has 0 bridgehead atoms. The Labute approximate surface area is 182 Å². The lowest BCUT2D eigenvalue weighted by molar-refractivity contribution is -0.187. The van der Waals surface area contributed by atoms with Gasteiger partial charge in [0.1, 0.15) is 6.61 Å². The normalized spacial score (nSPS) is 18.6. The summed E-state index contributed by atoms with van der Waals surface area (Å²) in [6, 6.07) is 9.85. The molecule has 1 aliphatic heterocycles. The van der Waals surface area contributed by atoms with E-state index < -0.39 is 0 Å². The van der Waals surface area contributed by atoms with Gasteiger partial charge >= 0.3 is 6.09 Å². The van der Waals surface area contributed by atoms with Gasteiger partial charge in [0.15, 0.2) is 6.29 Å². The predicted molar refractivity (Wildman–Crippen MR) is 118 cm³/mol. The summed E-state index contributed by atoms with van der Waals surface area (Å²) in [4.78, 5) is 14.2. The minimum Gasteiger partial charge on any atom is -0.445 e. The molecule has 2 fully saturated rings. The van der Waals surface area contributed by atoms with Gasteiger partial charge in [0.05, 0.1) is 0 Å². The monoisotopic (exact) mass is 417 g/mol. The van der Waals surface area contributed by atoms with Crippen LogP contribution in [0.25, 0.3) is 0 Å². The fourth-order valence-corrected chi connectivity index (χ4v) is 4.55. The third-order valence-corrected chi connectivity index (χ3v) is 6.55. The molecule has 2 aliphatic rings. The van der Waals surface area contributed by atoms with E-state index in [0.29, 0.717) is 12.5 Å². The van der Waals surface area contributed by atoms with Crippen LogP contribution in [0.4, 0.5) is 4.79 Å². The second-order valence-corrected chi connectivity index (χ2v) is 9.05. The fraction of sp³-hybridized carbons (Fsp3) is 0.720. The molecule has 0 N–H and O–H groups in total. The SMILES string of the molecule is CCCCOC(OCCCC)C1CCC2(CC1)CN(C(=O)OCc1ccccc1)C2. The first kappa shape index (κ1) is 23.1. The lowest BCUT2D eigenvalue weighted by atomic mass is 9.66. The molecule has 5 nitrogen and oxygen atoms in total. The standard InChI is InChI=1S/C25H39NO4/c1-3-5-16-28-23(29-17-6-4-2)22-12-14-25(15-13-22)19-26(20-25)24(27)30-18-21-10-8-7-9-11-21/h7-11,22-23H,3-6,12-20H2,1-2H3. The number of hydrogen-bond acceptors (Lipinski definition) is 4. The number of rotatable bonds is 11. The molecule has 30 heavy (non-hydrogen) atoms. The van der Waals surface area contributed by atoms with Crippen molar-refractivity contribution in [2.24, 2.45) is 11.3 Å². The van der Waals surface area contributed by atoms with Gasteiger partial charge in [0.2, 0.25) is 0 Å². The van der Waals surface area contributed by atoms with Crippen molar-refractivity contribution in [1.82, 2.24) is 4.90 Å². The number of benzene rings is 1. The first-order valence-electron chi connectivity index (χ1n) is 11.8. The van der Waals surface area contributed by atoms with Crippen molar-refractivity contribution in [3.05, 3.63) is 35.9 Å². The maximum absolute atomic E-state index is 12.4. The van der Waals surface area contributed by atoms with Crippen LogP contribution in [-0.2, 0) is 20.8 Å². The van der Waals surface area contributed by atoms with Crippen LogP contribution in [0.2, 0.25) is 0 Å². The molecule has 0 aromatic heterocycles. The molecule has 1 saturated carbocycles. The molecule has 168 valence electrons. The number of hydrogen-bond donors (Lipinski definition) is 0. The molecule has 0 atom stereocenters. The Morgan fingerprint density at radius 2 is 1.63 bits per heavy atom. The second-order valence-electron chi connectivity index (χ2n) is 9.05. The van der Waals surface area contributed by atoms with Gasteiger partial charge in [0.25, 0.3) is 0 Å². The second kappa shape index (κ2) is 11.7. The highest BCUT2D eigenvalue weighted by Crippen LogP contribution is 2.47. The lowest BCUT2D eigenvalue weighted by Gasteiger charge is -2.53. The topological polar surface area (TPSA) is 48.0 Å². The Hall–Kier alpha value is -1.59. The minimum atomic E-state index is -0.185. The fourth-order valence-electron chi connectivity index (χ4n) is 4.55. The zero-order valence-corrected chi connectivity index (χ0v) is 18.8. The quantitative estimate of drug-likeness (QED) is 0.338. The maximum Gasteiger partial charge on any atom is 0.410 e. The van der Waals surface area contributed by atoms with Crippen molar-refractivity contribution in [3.8, 4) is 0 Å². The van der Waals surface area contributed by atoms with Gasteiger partial charge in [0, 0.05) is 37.6 Å². The third-order valence-electron chi connectivity index (χ3n) is 6.55. The number of nitrogens with zero attached hydrogens (tertiary/aromatic N) is 1. The van der Waals surface area contributed by atoms with E-state index in [9.17, 15) is 4.79 Å². The molecule has 0 radical (unpaired) electrons. The van der Waals surface area contributed by atoms with Gasteiger partial charge in [-0.05, 0) is 44.1 Å². The minimum absolute atomic E-state index is 0.0625. The number of amides is 1. The molecule has 1 aliphatic carbocycles. The Balaban J connectivity index is 1.40. The van der Waals surface area contributed by atoms with Gasteiger partial charge < -0.3 is 19.1 Å². The van der Waals surface area contributed by atoms with Crippen LogP contribution in [0.5, 0.6) is 0 Å². The van der Waals surface area contributed by atoms with Crippen molar-refractivity contribution in [1.29, 1.82) is 0 Å². The Morgan fingerprint density at radius 3 is 2.20 bits per heavy atom. The summed E-state index contributed by atoms with van der Waals surface area (Å²) in [6.45, 7) is 7.95. The smallest absolute Gasteiger partial charge is 0.410 e. The van der Waals surface area contributed by atoms with Crippen LogP contribution in [-0.4, -0.2) is 43.6 Å². The van der Waals surface area contributed by atoms with E-state index in [2.05, 4.69) is 13.8 Å². The molecule has 5 heteroatoms. The molecule has 1 aromatic carbocycles. The van der Waals surface area contributed by atoms with E-state index in [-0.39, 0.29) is 17.8 Å². The molecule has 1 aromatic rings. The molecule has 1 amide bonds. The van der Waals surface area contributed by atoms with Crippen LogP contribution < -0.4 is 0 Å². The van der Waals surface area contributed by atoms with Crippen LogP contribution in [0.3, 0.4) is 0 Å². The van der Waals surface area contributed by atoms with Gasteiger partial charge in [-0.15, -0.1) is 0 Å². The number of carbonyl (C=O) groups excluding carboxylic acids is 1. The van der Waals surface area contributed by atoms with Gasteiger partial charge in [-0.1, -0.05) is 57.0 Å². The molecular formula is C25H39NO4. The van der Waals surface area contributed by atoms with E-state index >= 15 is 0 Å². The average molecular weight is 418 g/mol. The summed E-state index contributed by atoms with van der Waals surface area (Å²) in [5, 5.41) is 0. The van der Waals surface area contributed by atoms with Crippen molar-refractivity contribution in [2.45, 2.75) is 78.1 Å². The van der Waals surface area contributed by atoms with Gasteiger partial charge in [-0.2, -0.15) is 0 Å². The summed E-state index contributed by atoms with van der Waals surface area (Å²) in [5.74, 6) is 0.475. The van der Waals surface area contributed by atoms with E-state index in [1.54, 1.807) is 0 Å². The maximum atomic E-state index is 12.4. The molecule has 1 heterocycles. The van der Waals surface area contributed by atoms with E-state index in [1.165, 1.54) is 0 Å². The van der Waals surface area contributed by atoms with Crippen LogP contribution in [0.15, 0.2) is 30.3 Å².